The molecule has 0 aliphatic carbocycles. The molecule has 0 atom stereocenters. The van der Waals surface area contributed by atoms with E-state index >= 15 is 0 Å². The van der Waals surface area contributed by atoms with E-state index in [0.29, 0.717) is 22.6 Å². The number of hydrogen-bond acceptors (Lipinski definition) is 5. The summed E-state index contributed by atoms with van der Waals surface area (Å²) in [5.74, 6) is 1.11. The topological polar surface area (TPSA) is 76.0 Å². The molecule has 2 aromatic rings. The molecule has 5 nitrogen and oxygen atoms in total. The van der Waals surface area contributed by atoms with Crippen molar-refractivity contribution in [2.45, 2.75) is 12.8 Å². The Morgan fingerprint density at radius 3 is 1.64 bits per heavy atom. The fraction of sp³-hybridized carbons (Fsp3) is 0.235. The molecule has 0 amide bonds. The van der Waals surface area contributed by atoms with Gasteiger partial charge in [0.05, 0.1) is 14.2 Å². The van der Waals surface area contributed by atoms with Crippen LogP contribution in [0.3, 0.4) is 0 Å². The summed E-state index contributed by atoms with van der Waals surface area (Å²) in [6, 6.07) is 9.47. The van der Waals surface area contributed by atoms with Crippen molar-refractivity contribution >= 4 is 5.78 Å². The van der Waals surface area contributed by atoms with Gasteiger partial charge in [-0.05, 0) is 36.4 Å². The molecule has 0 aliphatic rings. The van der Waals surface area contributed by atoms with E-state index in [1.165, 1.54) is 26.4 Å². The number of Topliss-reactive ketones (excluding diaryl/α,β-unsaturated/α-hetero) is 1. The van der Waals surface area contributed by atoms with Crippen molar-refractivity contribution in [1.29, 1.82) is 0 Å². The first-order chi connectivity index (χ1) is 10.5. The molecule has 0 aromatic heterocycles. The van der Waals surface area contributed by atoms with Crippen LogP contribution in [0.1, 0.15) is 11.1 Å². The van der Waals surface area contributed by atoms with Crippen LogP contribution in [-0.4, -0.2) is 30.2 Å². The Morgan fingerprint density at radius 2 is 1.27 bits per heavy atom. The molecule has 0 bridgehead atoms. The fourth-order valence-corrected chi connectivity index (χ4v) is 2.15. The summed E-state index contributed by atoms with van der Waals surface area (Å²) in [7, 11) is 3.04. The van der Waals surface area contributed by atoms with Gasteiger partial charge in [0, 0.05) is 24.0 Å². The zero-order valence-electron chi connectivity index (χ0n) is 12.5. The quantitative estimate of drug-likeness (QED) is 0.857. The Kier molecular flexibility index (Phi) is 4.88. The van der Waals surface area contributed by atoms with Crippen molar-refractivity contribution < 1.29 is 24.5 Å². The summed E-state index contributed by atoms with van der Waals surface area (Å²) < 4.78 is 10.2. The second kappa shape index (κ2) is 6.85. The average molecular weight is 302 g/mol. The lowest BCUT2D eigenvalue weighted by atomic mass is 10.0. The van der Waals surface area contributed by atoms with E-state index in [1.807, 2.05) is 0 Å². The molecule has 0 saturated heterocycles. The van der Waals surface area contributed by atoms with Crippen molar-refractivity contribution in [1.82, 2.24) is 0 Å². The van der Waals surface area contributed by atoms with Gasteiger partial charge in [0.15, 0.2) is 0 Å². The molecule has 2 N–H and O–H groups in total. The van der Waals surface area contributed by atoms with Gasteiger partial charge in [-0.3, -0.25) is 4.79 Å². The summed E-state index contributed by atoms with van der Waals surface area (Å²) in [5.41, 5.74) is 0.985. The maximum atomic E-state index is 12.2. The first-order valence-electron chi connectivity index (χ1n) is 6.77. The largest absolute Gasteiger partial charge is 0.508 e. The molecule has 0 heterocycles. The monoisotopic (exact) mass is 302 g/mol. The minimum Gasteiger partial charge on any atom is -0.508 e. The highest BCUT2D eigenvalue weighted by Gasteiger charge is 2.13. The third-order valence-corrected chi connectivity index (χ3v) is 3.35. The third-order valence-electron chi connectivity index (χ3n) is 3.35. The van der Waals surface area contributed by atoms with Crippen molar-refractivity contribution in [2.75, 3.05) is 14.2 Å². The minimum absolute atomic E-state index is 0.0454. The molecular weight excluding hydrogens is 284 g/mol. The van der Waals surface area contributed by atoms with Gasteiger partial charge in [-0.1, -0.05) is 0 Å². The van der Waals surface area contributed by atoms with Gasteiger partial charge in [-0.25, -0.2) is 0 Å². The summed E-state index contributed by atoms with van der Waals surface area (Å²) in [5, 5.41) is 19.6. The number of benzene rings is 2. The number of phenols is 2. The van der Waals surface area contributed by atoms with Gasteiger partial charge in [0.1, 0.15) is 28.8 Å². The van der Waals surface area contributed by atoms with Crippen LogP contribution in [0.5, 0.6) is 23.0 Å². The number of carbonyl (C=O) groups excluding carboxylic acids is 1. The van der Waals surface area contributed by atoms with Crippen LogP contribution in [0.25, 0.3) is 0 Å². The molecule has 22 heavy (non-hydrogen) atoms. The summed E-state index contributed by atoms with van der Waals surface area (Å²) in [6.45, 7) is 0. The number of methoxy groups -OCH3 is 2. The van der Waals surface area contributed by atoms with E-state index in [2.05, 4.69) is 0 Å². The maximum absolute atomic E-state index is 12.2. The predicted octanol–water partition coefficient (Wildman–Crippen LogP) is 2.47. The van der Waals surface area contributed by atoms with E-state index < -0.39 is 0 Å². The SMILES string of the molecule is COc1ccc(O)c(CC(=O)Cc2cc(OC)ccc2O)c1. The van der Waals surface area contributed by atoms with E-state index in [9.17, 15) is 15.0 Å². The minimum atomic E-state index is -0.132. The van der Waals surface area contributed by atoms with Crippen molar-refractivity contribution in [3.05, 3.63) is 47.5 Å². The van der Waals surface area contributed by atoms with Gasteiger partial charge in [0.25, 0.3) is 0 Å². The number of hydrogen-bond donors (Lipinski definition) is 2. The fourth-order valence-electron chi connectivity index (χ4n) is 2.15. The van der Waals surface area contributed by atoms with E-state index in [1.54, 1.807) is 24.3 Å². The Bertz CT molecular complexity index is 621. The van der Waals surface area contributed by atoms with Crippen LogP contribution in [-0.2, 0) is 17.6 Å². The molecule has 0 fully saturated rings. The lowest BCUT2D eigenvalue weighted by Gasteiger charge is -2.09. The highest BCUT2D eigenvalue weighted by atomic mass is 16.5. The van der Waals surface area contributed by atoms with Gasteiger partial charge in [-0.15, -0.1) is 0 Å². The van der Waals surface area contributed by atoms with E-state index in [0.717, 1.165) is 0 Å². The number of rotatable bonds is 6. The van der Waals surface area contributed by atoms with Crippen molar-refractivity contribution in [3.8, 4) is 23.0 Å². The van der Waals surface area contributed by atoms with Crippen LogP contribution in [0.15, 0.2) is 36.4 Å². The smallest absolute Gasteiger partial charge is 0.141 e. The molecule has 0 unspecified atom stereocenters. The van der Waals surface area contributed by atoms with E-state index in [-0.39, 0.29) is 30.1 Å². The first kappa shape index (κ1) is 15.7. The van der Waals surface area contributed by atoms with Gasteiger partial charge in [-0.2, -0.15) is 0 Å². The average Bonchev–Trinajstić information content (AvgIpc) is 2.51. The number of ether oxygens (including phenoxy) is 2. The highest BCUT2D eigenvalue weighted by molar-refractivity contribution is 5.84. The van der Waals surface area contributed by atoms with Crippen molar-refractivity contribution in [2.24, 2.45) is 0 Å². The second-order valence-electron chi connectivity index (χ2n) is 4.88. The molecule has 0 aliphatic heterocycles. The summed E-state index contributed by atoms with van der Waals surface area (Å²) >= 11 is 0. The molecule has 0 spiro atoms. The predicted molar refractivity (Wildman–Crippen MR) is 81.7 cm³/mol. The van der Waals surface area contributed by atoms with Gasteiger partial charge >= 0.3 is 0 Å². The highest BCUT2D eigenvalue weighted by Crippen LogP contribution is 2.26. The Labute approximate surface area is 128 Å². The number of aromatic hydroxyl groups is 2. The van der Waals surface area contributed by atoms with Crippen LogP contribution in [0.4, 0.5) is 0 Å². The zero-order chi connectivity index (χ0) is 16.1. The van der Waals surface area contributed by atoms with Crippen molar-refractivity contribution in [3.63, 3.8) is 0 Å². The lowest BCUT2D eigenvalue weighted by molar-refractivity contribution is -0.117. The molecule has 2 rings (SSSR count). The number of phenolic OH excluding ortho intramolecular Hbond substituents is 2. The summed E-state index contributed by atoms with van der Waals surface area (Å²) in [6.07, 6.45) is 0.110. The molecule has 116 valence electrons. The molecule has 5 heteroatoms. The molecule has 2 aromatic carbocycles. The van der Waals surface area contributed by atoms with E-state index in [4.69, 9.17) is 9.47 Å². The Hall–Kier alpha value is -2.69. The first-order valence-corrected chi connectivity index (χ1v) is 6.77. The van der Waals surface area contributed by atoms with Gasteiger partial charge < -0.3 is 19.7 Å². The van der Waals surface area contributed by atoms with Crippen LogP contribution < -0.4 is 9.47 Å². The Balaban J connectivity index is 2.13. The number of ketones is 1. The van der Waals surface area contributed by atoms with Gasteiger partial charge in [0.2, 0.25) is 0 Å². The standard InChI is InChI=1S/C17H18O5/c1-21-14-3-5-16(19)11(9-14)7-13(18)8-12-10-15(22-2)4-6-17(12)20/h3-6,9-10,19-20H,7-8H2,1-2H3. The second-order valence-corrected chi connectivity index (χ2v) is 4.88. The van der Waals surface area contributed by atoms with Crippen LogP contribution in [0, 0.1) is 0 Å². The molecule has 0 radical (unpaired) electrons. The summed E-state index contributed by atoms with van der Waals surface area (Å²) in [4.78, 5) is 12.2. The third kappa shape index (κ3) is 3.69. The number of carbonyl (C=O) groups is 1. The zero-order valence-corrected chi connectivity index (χ0v) is 12.5. The lowest BCUT2D eigenvalue weighted by Crippen LogP contribution is -2.07. The van der Waals surface area contributed by atoms with Crippen LogP contribution >= 0.6 is 0 Å². The molecule has 0 saturated carbocycles. The normalized spacial score (nSPS) is 10.3. The maximum Gasteiger partial charge on any atom is 0.141 e. The Morgan fingerprint density at radius 1 is 0.864 bits per heavy atom. The molecular formula is C17H18O5. The van der Waals surface area contributed by atoms with Crippen LogP contribution in [0.2, 0.25) is 0 Å².